The van der Waals surface area contributed by atoms with Gasteiger partial charge in [0.15, 0.2) is 0 Å². The highest BCUT2D eigenvalue weighted by molar-refractivity contribution is 6.30. The molecule has 1 fully saturated rings. The zero-order valence-electron chi connectivity index (χ0n) is 16.8. The summed E-state index contributed by atoms with van der Waals surface area (Å²) in [6.07, 6.45) is 0.448. The number of carbonyl (C=O) groups is 1. The molecule has 5 rings (SSSR count). The van der Waals surface area contributed by atoms with Crippen LogP contribution in [-0.4, -0.2) is 22.0 Å². The van der Waals surface area contributed by atoms with E-state index in [1.54, 1.807) is 0 Å². The Morgan fingerprint density at radius 2 is 1.83 bits per heavy atom. The van der Waals surface area contributed by atoms with Gasteiger partial charge < -0.3 is 9.47 Å². The van der Waals surface area contributed by atoms with E-state index in [4.69, 9.17) is 16.6 Å². The van der Waals surface area contributed by atoms with Gasteiger partial charge in [0.2, 0.25) is 5.91 Å². The number of nitrogens with zero attached hydrogens (tertiary/aromatic N) is 3. The summed E-state index contributed by atoms with van der Waals surface area (Å²) in [4.78, 5) is 19.6. The number of rotatable bonds is 4. The van der Waals surface area contributed by atoms with Crippen molar-refractivity contribution in [2.24, 2.45) is 0 Å². The van der Waals surface area contributed by atoms with Crippen molar-refractivity contribution in [2.45, 2.75) is 25.8 Å². The van der Waals surface area contributed by atoms with Crippen LogP contribution in [0.3, 0.4) is 0 Å². The van der Waals surface area contributed by atoms with Gasteiger partial charge in [-0.25, -0.2) is 4.98 Å². The molecular weight excluding hydrogens is 394 g/mol. The molecule has 1 atom stereocenters. The molecule has 1 aliphatic heterocycles. The van der Waals surface area contributed by atoms with Crippen LogP contribution in [0.1, 0.15) is 29.3 Å². The predicted molar refractivity (Wildman–Crippen MR) is 121 cm³/mol. The van der Waals surface area contributed by atoms with Crippen LogP contribution in [0.5, 0.6) is 0 Å². The summed E-state index contributed by atoms with van der Waals surface area (Å²) < 4.78 is 2.27. The van der Waals surface area contributed by atoms with Crippen LogP contribution >= 0.6 is 11.6 Å². The van der Waals surface area contributed by atoms with Gasteiger partial charge in [0.25, 0.3) is 0 Å². The molecule has 2 heterocycles. The monoisotopic (exact) mass is 415 g/mol. The fraction of sp³-hybridized carbons (Fsp3) is 0.200. The van der Waals surface area contributed by atoms with E-state index in [2.05, 4.69) is 41.8 Å². The zero-order chi connectivity index (χ0) is 20.7. The molecule has 30 heavy (non-hydrogen) atoms. The number of hydrogen-bond donors (Lipinski definition) is 0. The van der Waals surface area contributed by atoms with Gasteiger partial charge in [0.05, 0.1) is 11.0 Å². The number of para-hydroxylation sites is 2. The molecule has 3 aromatic carbocycles. The van der Waals surface area contributed by atoms with Crippen molar-refractivity contribution in [3.05, 3.63) is 94.8 Å². The summed E-state index contributed by atoms with van der Waals surface area (Å²) in [6, 6.07) is 24.1. The minimum Gasteiger partial charge on any atom is -0.323 e. The number of fused-ring (bicyclic) bond motifs is 1. The van der Waals surface area contributed by atoms with E-state index in [0.29, 0.717) is 18.0 Å². The van der Waals surface area contributed by atoms with Crippen molar-refractivity contribution in [1.29, 1.82) is 0 Å². The predicted octanol–water partition coefficient (Wildman–Crippen LogP) is 5.57. The largest absolute Gasteiger partial charge is 0.323 e. The Bertz CT molecular complexity index is 1250. The molecule has 4 nitrogen and oxygen atoms in total. The second-order valence-electron chi connectivity index (χ2n) is 7.86. The fourth-order valence-corrected chi connectivity index (χ4v) is 4.49. The summed E-state index contributed by atoms with van der Waals surface area (Å²) >= 11 is 6.15. The third-order valence-corrected chi connectivity index (χ3v) is 6.12. The van der Waals surface area contributed by atoms with Crippen molar-refractivity contribution in [3.8, 4) is 0 Å². The number of imidazole rings is 1. The van der Waals surface area contributed by atoms with Gasteiger partial charge in [-0.1, -0.05) is 54.1 Å². The van der Waals surface area contributed by atoms with Gasteiger partial charge in [-0.2, -0.15) is 0 Å². The highest BCUT2D eigenvalue weighted by Crippen LogP contribution is 2.34. The molecule has 0 N–H and O–H groups in total. The van der Waals surface area contributed by atoms with Crippen LogP contribution in [0.25, 0.3) is 11.0 Å². The van der Waals surface area contributed by atoms with Crippen LogP contribution in [0.4, 0.5) is 5.69 Å². The minimum atomic E-state index is 0.0351. The Balaban J connectivity index is 1.54. The summed E-state index contributed by atoms with van der Waals surface area (Å²) in [5.41, 5.74) is 5.43. The van der Waals surface area contributed by atoms with Crippen molar-refractivity contribution in [1.82, 2.24) is 9.55 Å². The van der Waals surface area contributed by atoms with Crippen molar-refractivity contribution >= 4 is 34.2 Å². The smallest absolute Gasteiger partial charge is 0.227 e. The lowest BCUT2D eigenvalue weighted by molar-refractivity contribution is -0.117. The summed E-state index contributed by atoms with van der Waals surface area (Å²) in [5.74, 6) is 1.11. The molecule has 0 bridgehead atoms. The summed E-state index contributed by atoms with van der Waals surface area (Å²) in [7, 11) is 0. The Morgan fingerprint density at radius 1 is 1.03 bits per heavy atom. The quantitative estimate of drug-likeness (QED) is 0.437. The third kappa shape index (κ3) is 3.37. The number of halogens is 1. The van der Waals surface area contributed by atoms with Crippen LogP contribution in [-0.2, 0) is 11.3 Å². The normalized spacial score (nSPS) is 16.5. The molecule has 5 heteroatoms. The van der Waals surface area contributed by atoms with Crippen molar-refractivity contribution in [3.63, 3.8) is 0 Å². The Hall–Kier alpha value is -3.11. The first-order valence-corrected chi connectivity index (χ1v) is 10.5. The highest BCUT2D eigenvalue weighted by Gasteiger charge is 2.35. The van der Waals surface area contributed by atoms with Crippen LogP contribution in [0.15, 0.2) is 72.8 Å². The SMILES string of the molecule is Cc1ccccc1Cn1c([C@H]2CC(=O)N(c3cccc(Cl)c3)C2)nc2ccccc21. The Kier molecular flexibility index (Phi) is 4.80. The van der Waals surface area contributed by atoms with E-state index in [0.717, 1.165) is 29.1 Å². The molecule has 1 amide bonds. The van der Waals surface area contributed by atoms with Gasteiger partial charge in [-0.15, -0.1) is 0 Å². The van der Waals surface area contributed by atoms with E-state index < -0.39 is 0 Å². The molecule has 1 saturated heterocycles. The molecule has 0 aliphatic carbocycles. The lowest BCUT2D eigenvalue weighted by Gasteiger charge is -2.18. The van der Waals surface area contributed by atoms with E-state index >= 15 is 0 Å². The number of anilines is 1. The number of aromatic nitrogens is 2. The van der Waals surface area contributed by atoms with Gasteiger partial charge in [-0.3, -0.25) is 4.79 Å². The summed E-state index contributed by atoms with van der Waals surface area (Å²) in [5, 5.41) is 0.635. The van der Waals surface area contributed by atoms with Crippen molar-refractivity contribution in [2.75, 3.05) is 11.4 Å². The standard InChI is InChI=1S/C25H22ClN3O/c1-17-7-2-3-8-18(17)15-29-23-12-5-4-11-22(23)27-25(29)19-13-24(30)28(16-19)21-10-6-9-20(26)14-21/h2-12,14,19H,13,15-16H2,1H3/t19-/m0/s1. The van der Waals surface area contributed by atoms with Crippen LogP contribution in [0.2, 0.25) is 5.02 Å². The summed E-state index contributed by atoms with van der Waals surface area (Å²) in [6.45, 7) is 3.48. The second-order valence-corrected chi connectivity index (χ2v) is 8.29. The molecule has 1 aliphatic rings. The first-order valence-electron chi connectivity index (χ1n) is 10.2. The minimum absolute atomic E-state index is 0.0351. The second kappa shape index (κ2) is 7.62. The van der Waals surface area contributed by atoms with Crippen molar-refractivity contribution < 1.29 is 4.79 Å². The maximum Gasteiger partial charge on any atom is 0.227 e. The number of aryl methyl sites for hydroxylation is 1. The van der Waals surface area contributed by atoms with E-state index in [1.807, 2.05) is 47.4 Å². The van der Waals surface area contributed by atoms with E-state index in [1.165, 1.54) is 11.1 Å². The molecular formula is C25H22ClN3O. The fourth-order valence-electron chi connectivity index (χ4n) is 4.30. The lowest BCUT2D eigenvalue weighted by atomic mass is 10.1. The Labute approximate surface area is 180 Å². The van der Waals surface area contributed by atoms with Crippen LogP contribution in [0, 0.1) is 6.92 Å². The Morgan fingerprint density at radius 3 is 2.67 bits per heavy atom. The molecule has 0 saturated carbocycles. The van der Waals surface area contributed by atoms with E-state index in [-0.39, 0.29) is 11.8 Å². The molecule has 150 valence electrons. The lowest BCUT2D eigenvalue weighted by Crippen LogP contribution is -2.24. The van der Waals surface area contributed by atoms with Crippen LogP contribution < -0.4 is 4.90 Å². The van der Waals surface area contributed by atoms with Gasteiger partial charge in [0.1, 0.15) is 5.82 Å². The molecule has 0 spiro atoms. The highest BCUT2D eigenvalue weighted by atomic mass is 35.5. The average Bonchev–Trinajstić information content (AvgIpc) is 3.30. The first-order chi connectivity index (χ1) is 14.6. The first kappa shape index (κ1) is 18.9. The van der Waals surface area contributed by atoms with Gasteiger partial charge in [-0.05, 0) is 48.4 Å². The van der Waals surface area contributed by atoms with E-state index in [9.17, 15) is 4.79 Å². The average molecular weight is 416 g/mol. The number of hydrogen-bond acceptors (Lipinski definition) is 2. The molecule has 0 radical (unpaired) electrons. The number of benzene rings is 3. The molecule has 1 aromatic heterocycles. The maximum absolute atomic E-state index is 12.9. The topological polar surface area (TPSA) is 38.1 Å². The van der Waals surface area contributed by atoms with Gasteiger partial charge >= 0.3 is 0 Å². The zero-order valence-corrected chi connectivity index (χ0v) is 17.5. The maximum atomic E-state index is 12.9. The van der Waals surface area contributed by atoms with Gasteiger partial charge in [0, 0.05) is 36.1 Å². The number of amides is 1. The molecule has 0 unspecified atom stereocenters. The third-order valence-electron chi connectivity index (χ3n) is 5.88. The number of carbonyl (C=O) groups excluding carboxylic acids is 1. The molecule has 4 aromatic rings.